The third-order valence-electron chi connectivity index (χ3n) is 5.07. The van der Waals surface area contributed by atoms with Crippen molar-refractivity contribution < 1.29 is 26.1 Å². The molecule has 5 aromatic rings. The summed E-state index contributed by atoms with van der Waals surface area (Å²) >= 11 is 0. The number of anilines is 2. The van der Waals surface area contributed by atoms with Gasteiger partial charge in [0.2, 0.25) is 0 Å². The van der Waals surface area contributed by atoms with Crippen molar-refractivity contribution in [1.29, 1.82) is 0 Å². The van der Waals surface area contributed by atoms with Crippen LogP contribution in [0.1, 0.15) is 5.56 Å². The summed E-state index contributed by atoms with van der Waals surface area (Å²) in [5.41, 5.74) is 2.05. The molecule has 37 heavy (non-hydrogen) atoms. The van der Waals surface area contributed by atoms with Gasteiger partial charge in [0.25, 0.3) is 10.1 Å². The lowest BCUT2D eigenvalue weighted by Gasteiger charge is -2.10. The van der Waals surface area contributed by atoms with Gasteiger partial charge in [0.05, 0.1) is 34.1 Å². The Hall–Kier alpha value is -4.35. The Balaban J connectivity index is 0.000000270. The first-order valence-electron chi connectivity index (χ1n) is 10.7. The number of nitrogens with zero attached hydrogens (tertiary/aromatic N) is 3. The SMILES string of the molecule is FC(F)(F)c1ccc(Nc2cncc(-c3cccc4cccnc34)n2)cc1.O=S(=O)(O)c1ccccc1. The van der Waals surface area contributed by atoms with E-state index in [1.165, 1.54) is 30.5 Å². The van der Waals surface area contributed by atoms with Gasteiger partial charge in [-0.1, -0.05) is 42.5 Å². The third-order valence-corrected chi connectivity index (χ3v) is 5.94. The number of pyridine rings is 1. The average Bonchev–Trinajstić information content (AvgIpc) is 2.89. The van der Waals surface area contributed by atoms with Crippen molar-refractivity contribution in [2.75, 3.05) is 5.32 Å². The second-order valence-corrected chi connectivity index (χ2v) is 9.08. The predicted molar refractivity (Wildman–Crippen MR) is 134 cm³/mol. The molecular formula is C26H19F3N4O3S. The molecular weight excluding hydrogens is 505 g/mol. The van der Waals surface area contributed by atoms with Gasteiger partial charge in [-0.15, -0.1) is 0 Å². The minimum atomic E-state index is -4.36. The molecule has 0 bridgehead atoms. The molecule has 7 nitrogen and oxygen atoms in total. The first-order valence-corrected chi connectivity index (χ1v) is 12.2. The van der Waals surface area contributed by atoms with Crippen molar-refractivity contribution in [3.8, 4) is 11.3 Å². The van der Waals surface area contributed by atoms with Crippen LogP contribution < -0.4 is 5.32 Å². The Morgan fingerprint density at radius 1 is 0.811 bits per heavy atom. The van der Waals surface area contributed by atoms with E-state index < -0.39 is 21.9 Å². The van der Waals surface area contributed by atoms with E-state index in [-0.39, 0.29) is 4.90 Å². The quantitative estimate of drug-likeness (QED) is 0.263. The molecule has 0 fully saturated rings. The number of fused-ring (bicyclic) bond motifs is 1. The van der Waals surface area contributed by atoms with Crippen molar-refractivity contribution in [2.24, 2.45) is 0 Å². The van der Waals surface area contributed by atoms with E-state index >= 15 is 0 Å². The molecule has 2 N–H and O–H groups in total. The van der Waals surface area contributed by atoms with E-state index in [1.54, 1.807) is 30.6 Å². The molecule has 2 aromatic heterocycles. The molecule has 0 saturated carbocycles. The Labute approximate surface area is 210 Å². The molecule has 0 spiro atoms. The molecule has 188 valence electrons. The highest BCUT2D eigenvalue weighted by atomic mass is 32.2. The Morgan fingerprint density at radius 3 is 2.16 bits per heavy atom. The highest BCUT2D eigenvalue weighted by Gasteiger charge is 2.29. The Bertz CT molecular complexity index is 1610. The van der Waals surface area contributed by atoms with Crippen molar-refractivity contribution in [3.05, 3.63) is 109 Å². The number of hydrogen-bond donors (Lipinski definition) is 2. The van der Waals surface area contributed by atoms with Crippen molar-refractivity contribution in [2.45, 2.75) is 11.1 Å². The van der Waals surface area contributed by atoms with Crippen LogP contribution in [0.4, 0.5) is 24.7 Å². The lowest BCUT2D eigenvalue weighted by molar-refractivity contribution is -0.137. The van der Waals surface area contributed by atoms with Gasteiger partial charge in [-0.2, -0.15) is 21.6 Å². The summed E-state index contributed by atoms with van der Waals surface area (Å²) in [6.07, 6.45) is 0.490. The molecule has 0 saturated heterocycles. The second-order valence-electron chi connectivity index (χ2n) is 7.66. The van der Waals surface area contributed by atoms with Crippen molar-refractivity contribution in [3.63, 3.8) is 0 Å². The molecule has 2 heterocycles. The van der Waals surface area contributed by atoms with Crippen LogP contribution >= 0.6 is 0 Å². The van der Waals surface area contributed by atoms with Crippen LogP contribution in [-0.4, -0.2) is 27.9 Å². The number of benzene rings is 3. The third kappa shape index (κ3) is 6.66. The van der Waals surface area contributed by atoms with Gasteiger partial charge in [-0.25, -0.2) is 4.98 Å². The average molecular weight is 525 g/mol. The lowest BCUT2D eigenvalue weighted by atomic mass is 10.1. The fraction of sp³-hybridized carbons (Fsp3) is 0.0385. The first-order chi connectivity index (χ1) is 17.6. The zero-order valence-corrected chi connectivity index (χ0v) is 19.8. The largest absolute Gasteiger partial charge is 0.416 e. The minimum absolute atomic E-state index is 0.0741. The van der Waals surface area contributed by atoms with Gasteiger partial charge < -0.3 is 5.32 Å². The summed E-state index contributed by atoms with van der Waals surface area (Å²) in [6.45, 7) is 0. The van der Waals surface area contributed by atoms with E-state index in [0.29, 0.717) is 17.2 Å². The lowest BCUT2D eigenvalue weighted by Crippen LogP contribution is -2.04. The standard InChI is InChI=1S/C20H13F3N4.C6H6O3S/c21-20(22,23)14-6-8-15(9-7-14)26-18-12-24-11-17(27-18)16-5-1-3-13-4-2-10-25-19(13)16;7-10(8,9)6-4-2-1-3-5-6/h1-12H,(H,26,27);1-5H,(H,7,8,9). The maximum atomic E-state index is 12.7. The van der Waals surface area contributed by atoms with Gasteiger partial charge in [0.15, 0.2) is 0 Å². The maximum absolute atomic E-state index is 12.7. The summed E-state index contributed by atoms with van der Waals surface area (Å²) in [5.74, 6) is 0.431. The summed E-state index contributed by atoms with van der Waals surface area (Å²) in [6, 6.07) is 21.8. The summed E-state index contributed by atoms with van der Waals surface area (Å²) in [7, 11) is -4.00. The Morgan fingerprint density at radius 2 is 1.51 bits per heavy atom. The zero-order valence-electron chi connectivity index (χ0n) is 19.0. The molecule has 0 aliphatic rings. The molecule has 0 radical (unpaired) electrons. The smallest absolute Gasteiger partial charge is 0.339 e. The number of halogens is 3. The first kappa shape index (κ1) is 25.7. The second kappa shape index (κ2) is 10.7. The van der Waals surface area contributed by atoms with Gasteiger partial charge in [-0.05, 0) is 42.5 Å². The molecule has 11 heteroatoms. The molecule has 3 aromatic carbocycles. The van der Waals surface area contributed by atoms with Crippen LogP contribution in [0.25, 0.3) is 22.2 Å². The molecule has 5 rings (SSSR count). The molecule has 0 amide bonds. The number of para-hydroxylation sites is 1. The van der Waals surface area contributed by atoms with E-state index in [4.69, 9.17) is 4.55 Å². The van der Waals surface area contributed by atoms with Gasteiger partial charge >= 0.3 is 6.18 Å². The van der Waals surface area contributed by atoms with Crippen molar-refractivity contribution in [1.82, 2.24) is 15.0 Å². The topological polar surface area (TPSA) is 105 Å². The monoisotopic (exact) mass is 524 g/mol. The number of hydrogen-bond acceptors (Lipinski definition) is 6. The van der Waals surface area contributed by atoms with E-state index in [9.17, 15) is 21.6 Å². The summed E-state index contributed by atoms with van der Waals surface area (Å²) in [4.78, 5) is 13.0. The minimum Gasteiger partial charge on any atom is -0.339 e. The highest BCUT2D eigenvalue weighted by Crippen LogP contribution is 2.31. The fourth-order valence-corrected chi connectivity index (χ4v) is 3.85. The molecule has 0 aliphatic heterocycles. The number of alkyl halides is 3. The molecule has 0 unspecified atom stereocenters. The van der Waals surface area contributed by atoms with E-state index in [1.807, 2.05) is 30.3 Å². The maximum Gasteiger partial charge on any atom is 0.416 e. The fourth-order valence-electron chi connectivity index (χ4n) is 3.35. The molecule has 0 aliphatic carbocycles. The van der Waals surface area contributed by atoms with Crippen LogP contribution in [0.5, 0.6) is 0 Å². The predicted octanol–water partition coefficient (Wildman–Crippen LogP) is 6.39. The van der Waals surface area contributed by atoms with Gasteiger partial charge in [-0.3, -0.25) is 14.5 Å². The van der Waals surface area contributed by atoms with Gasteiger partial charge in [0, 0.05) is 22.8 Å². The van der Waals surface area contributed by atoms with E-state index in [2.05, 4.69) is 20.3 Å². The summed E-state index contributed by atoms with van der Waals surface area (Å²) < 4.78 is 67.2. The van der Waals surface area contributed by atoms with Crippen LogP contribution in [0, 0.1) is 0 Å². The zero-order chi connectivity index (χ0) is 26.5. The highest BCUT2D eigenvalue weighted by molar-refractivity contribution is 7.85. The normalized spacial score (nSPS) is 11.5. The van der Waals surface area contributed by atoms with Gasteiger partial charge in [0.1, 0.15) is 5.82 Å². The van der Waals surface area contributed by atoms with Crippen LogP contribution in [0.15, 0.2) is 108 Å². The van der Waals surface area contributed by atoms with Crippen molar-refractivity contribution >= 4 is 32.5 Å². The van der Waals surface area contributed by atoms with Crippen LogP contribution in [-0.2, 0) is 16.3 Å². The molecule has 0 atom stereocenters. The number of aromatic nitrogens is 3. The summed E-state index contributed by atoms with van der Waals surface area (Å²) in [5, 5.41) is 3.96. The van der Waals surface area contributed by atoms with E-state index in [0.717, 1.165) is 28.6 Å². The number of rotatable bonds is 4. The number of nitrogens with one attached hydrogen (secondary N) is 1. The Kier molecular flexibility index (Phi) is 7.46. The van der Waals surface area contributed by atoms with Crippen LogP contribution in [0.3, 0.4) is 0 Å². The van der Waals surface area contributed by atoms with Crippen LogP contribution in [0.2, 0.25) is 0 Å².